The highest BCUT2D eigenvalue weighted by molar-refractivity contribution is 6.30. The predicted octanol–water partition coefficient (Wildman–Crippen LogP) is 2.57. The van der Waals surface area contributed by atoms with Crippen LogP contribution in [0.15, 0.2) is 18.2 Å². The van der Waals surface area contributed by atoms with Crippen LogP contribution in [0.2, 0.25) is 5.02 Å². The van der Waals surface area contributed by atoms with Crippen LogP contribution in [0, 0.1) is 0 Å². The number of amides is 1. The molecule has 122 valence electrons. The molecule has 1 saturated carbocycles. The predicted molar refractivity (Wildman–Crippen MR) is 87.5 cm³/mol. The van der Waals surface area contributed by atoms with Crippen molar-refractivity contribution >= 4 is 23.2 Å². The van der Waals surface area contributed by atoms with Gasteiger partial charge in [0.15, 0.2) is 0 Å². The minimum atomic E-state index is -0.709. The third kappa shape index (κ3) is 4.78. The Hall–Kier alpha value is -1.46. The second-order valence-corrected chi connectivity index (χ2v) is 6.17. The molecule has 1 aromatic carbocycles. The standard InChI is InChI=1S/C16H23ClN2O3/c1-22-14-5-4-12(17)10-13(14)18-9-6-15(20)19-11-16(21)7-2-3-8-16/h4-5,10,18,21H,2-3,6-9,11H2,1H3,(H,19,20). The molecule has 0 aliphatic heterocycles. The van der Waals surface area contributed by atoms with E-state index >= 15 is 0 Å². The summed E-state index contributed by atoms with van der Waals surface area (Å²) >= 11 is 5.95. The van der Waals surface area contributed by atoms with Gasteiger partial charge >= 0.3 is 0 Å². The zero-order valence-corrected chi connectivity index (χ0v) is 13.6. The maximum Gasteiger partial charge on any atom is 0.221 e. The van der Waals surface area contributed by atoms with Gasteiger partial charge in [0.1, 0.15) is 5.75 Å². The summed E-state index contributed by atoms with van der Waals surface area (Å²) in [6, 6.07) is 5.29. The van der Waals surface area contributed by atoms with Gasteiger partial charge in [-0.2, -0.15) is 0 Å². The topological polar surface area (TPSA) is 70.6 Å². The number of ether oxygens (including phenoxy) is 1. The molecule has 5 nitrogen and oxygen atoms in total. The molecule has 22 heavy (non-hydrogen) atoms. The summed E-state index contributed by atoms with van der Waals surface area (Å²) in [4.78, 5) is 11.8. The average Bonchev–Trinajstić information content (AvgIpc) is 2.93. The van der Waals surface area contributed by atoms with Crippen LogP contribution >= 0.6 is 11.6 Å². The van der Waals surface area contributed by atoms with Crippen LogP contribution in [0.25, 0.3) is 0 Å². The average molecular weight is 327 g/mol. The smallest absolute Gasteiger partial charge is 0.221 e. The Bertz CT molecular complexity index is 516. The van der Waals surface area contributed by atoms with Gasteiger partial charge in [0.05, 0.1) is 18.4 Å². The number of carbonyl (C=O) groups excluding carboxylic acids is 1. The summed E-state index contributed by atoms with van der Waals surface area (Å²) in [6.07, 6.45) is 3.92. The second kappa shape index (κ2) is 7.70. The molecule has 0 radical (unpaired) electrons. The molecule has 1 aliphatic carbocycles. The number of rotatable bonds is 7. The summed E-state index contributed by atoms with van der Waals surface area (Å²) in [5, 5.41) is 16.7. The second-order valence-electron chi connectivity index (χ2n) is 5.73. The van der Waals surface area contributed by atoms with E-state index in [2.05, 4.69) is 10.6 Å². The Morgan fingerprint density at radius 3 is 2.82 bits per heavy atom. The molecule has 0 spiro atoms. The van der Waals surface area contributed by atoms with E-state index in [1.807, 2.05) is 0 Å². The SMILES string of the molecule is COc1ccc(Cl)cc1NCCC(=O)NCC1(O)CCCC1. The van der Waals surface area contributed by atoms with Gasteiger partial charge in [0.2, 0.25) is 5.91 Å². The third-order valence-electron chi connectivity index (χ3n) is 3.98. The fraction of sp³-hybridized carbons (Fsp3) is 0.562. The molecule has 6 heteroatoms. The summed E-state index contributed by atoms with van der Waals surface area (Å²) in [7, 11) is 1.59. The molecule has 0 heterocycles. The maximum atomic E-state index is 11.8. The molecule has 3 N–H and O–H groups in total. The van der Waals surface area contributed by atoms with Crippen molar-refractivity contribution in [3.05, 3.63) is 23.2 Å². The first-order valence-electron chi connectivity index (χ1n) is 7.59. The van der Waals surface area contributed by atoms with Gasteiger partial charge in [-0.1, -0.05) is 24.4 Å². The molecular formula is C16H23ClN2O3. The largest absolute Gasteiger partial charge is 0.495 e. The zero-order valence-electron chi connectivity index (χ0n) is 12.8. The quantitative estimate of drug-likeness (QED) is 0.720. The van der Waals surface area contributed by atoms with Gasteiger partial charge in [0.25, 0.3) is 0 Å². The lowest BCUT2D eigenvalue weighted by molar-refractivity contribution is -0.122. The van der Waals surface area contributed by atoms with E-state index in [4.69, 9.17) is 16.3 Å². The Labute approximate surface area is 136 Å². The number of hydrogen-bond acceptors (Lipinski definition) is 4. The van der Waals surface area contributed by atoms with Gasteiger partial charge in [-0.05, 0) is 31.0 Å². The van der Waals surface area contributed by atoms with Crippen molar-refractivity contribution in [3.63, 3.8) is 0 Å². The van der Waals surface area contributed by atoms with Crippen molar-refractivity contribution in [1.82, 2.24) is 5.32 Å². The highest BCUT2D eigenvalue weighted by Gasteiger charge is 2.31. The molecule has 0 saturated heterocycles. The number of nitrogens with one attached hydrogen (secondary N) is 2. The fourth-order valence-electron chi connectivity index (χ4n) is 2.69. The Morgan fingerprint density at radius 1 is 1.41 bits per heavy atom. The highest BCUT2D eigenvalue weighted by Crippen LogP contribution is 2.29. The van der Waals surface area contributed by atoms with Gasteiger partial charge < -0.3 is 20.5 Å². The minimum absolute atomic E-state index is 0.0752. The molecule has 1 aromatic rings. The Kier molecular flexibility index (Phi) is 5.91. The van der Waals surface area contributed by atoms with Crippen molar-refractivity contribution in [2.45, 2.75) is 37.7 Å². The lowest BCUT2D eigenvalue weighted by Gasteiger charge is -2.22. The zero-order chi connectivity index (χ0) is 16.0. The van der Waals surface area contributed by atoms with Crippen molar-refractivity contribution in [3.8, 4) is 5.75 Å². The summed E-state index contributed by atoms with van der Waals surface area (Å²) in [5.41, 5.74) is 0.0523. The summed E-state index contributed by atoms with van der Waals surface area (Å²) in [5.74, 6) is 0.610. The molecule has 2 rings (SSSR count). The number of hydrogen-bond donors (Lipinski definition) is 3. The maximum absolute atomic E-state index is 11.8. The van der Waals surface area contributed by atoms with Crippen molar-refractivity contribution < 1.29 is 14.6 Å². The van der Waals surface area contributed by atoms with Gasteiger partial charge in [-0.3, -0.25) is 4.79 Å². The first kappa shape index (κ1) is 16.9. The van der Waals surface area contributed by atoms with Crippen molar-refractivity contribution in [2.24, 2.45) is 0 Å². The van der Waals surface area contributed by atoms with Crippen molar-refractivity contribution in [1.29, 1.82) is 0 Å². The van der Waals surface area contributed by atoms with E-state index in [1.54, 1.807) is 25.3 Å². The number of anilines is 1. The summed E-state index contributed by atoms with van der Waals surface area (Å²) in [6.45, 7) is 0.813. The van der Waals surface area contributed by atoms with Gasteiger partial charge in [0, 0.05) is 24.5 Å². The van der Waals surface area contributed by atoms with Crippen LogP contribution in [0.1, 0.15) is 32.1 Å². The number of halogens is 1. The fourth-order valence-corrected chi connectivity index (χ4v) is 2.86. The van der Waals surface area contributed by atoms with E-state index in [0.29, 0.717) is 30.3 Å². The molecule has 1 fully saturated rings. The third-order valence-corrected chi connectivity index (χ3v) is 4.21. The van der Waals surface area contributed by atoms with Crippen LogP contribution in [-0.4, -0.2) is 36.8 Å². The minimum Gasteiger partial charge on any atom is -0.495 e. The molecule has 0 unspecified atom stereocenters. The Morgan fingerprint density at radius 2 is 2.14 bits per heavy atom. The number of benzene rings is 1. The van der Waals surface area contributed by atoms with Crippen LogP contribution in [0.3, 0.4) is 0 Å². The monoisotopic (exact) mass is 326 g/mol. The van der Waals surface area contributed by atoms with E-state index in [0.717, 1.165) is 31.4 Å². The lowest BCUT2D eigenvalue weighted by Crippen LogP contribution is -2.41. The number of carbonyl (C=O) groups is 1. The molecular weight excluding hydrogens is 304 g/mol. The number of methoxy groups -OCH3 is 1. The van der Waals surface area contributed by atoms with E-state index in [-0.39, 0.29) is 5.91 Å². The van der Waals surface area contributed by atoms with E-state index < -0.39 is 5.60 Å². The van der Waals surface area contributed by atoms with Crippen molar-refractivity contribution in [2.75, 3.05) is 25.5 Å². The highest BCUT2D eigenvalue weighted by atomic mass is 35.5. The van der Waals surface area contributed by atoms with E-state index in [9.17, 15) is 9.90 Å². The molecule has 1 aliphatic rings. The molecule has 0 atom stereocenters. The van der Waals surface area contributed by atoms with Gasteiger partial charge in [-0.15, -0.1) is 0 Å². The van der Waals surface area contributed by atoms with Crippen LogP contribution < -0.4 is 15.4 Å². The lowest BCUT2D eigenvalue weighted by atomic mass is 10.0. The van der Waals surface area contributed by atoms with Crippen LogP contribution in [0.5, 0.6) is 5.75 Å². The molecule has 0 bridgehead atoms. The van der Waals surface area contributed by atoms with E-state index in [1.165, 1.54) is 0 Å². The first-order chi connectivity index (χ1) is 10.5. The molecule has 0 aromatic heterocycles. The number of aliphatic hydroxyl groups is 1. The van der Waals surface area contributed by atoms with Crippen LogP contribution in [-0.2, 0) is 4.79 Å². The Balaban J connectivity index is 1.74. The summed E-state index contributed by atoms with van der Waals surface area (Å²) < 4.78 is 5.23. The first-order valence-corrected chi connectivity index (χ1v) is 7.97. The van der Waals surface area contributed by atoms with Crippen LogP contribution in [0.4, 0.5) is 5.69 Å². The normalized spacial score (nSPS) is 16.3. The molecule has 1 amide bonds. The van der Waals surface area contributed by atoms with Gasteiger partial charge in [-0.25, -0.2) is 0 Å².